The number of carbonyl (C=O) groups excluding carboxylic acids is 3. The topological polar surface area (TPSA) is 78.9 Å². The van der Waals surface area contributed by atoms with Crippen molar-refractivity contribution in [2.24, 2.45) is 0 Å². The highest BCUT2D eigenvalue weighted by atomic mass is 16.6. The summed E-state index contributed by atoms with van der Waals surface area (Å²) in [5, 5.41) is 0. The van der Waals surface area contributed by atoms with E-state index in [0.29, 0.717) is 19.3 Å². The number of carbonyl (C=O) groups is 3. The Morgan fingerprint density at radius 3 is 1.08 bits per heavy atom. The number of esters is 3. The first kappa shape index (κ1) is 59.9. The van der Waals surface area contributed by atoms with Crippen LogP contribution in [0, 0.1) is 0 Å². The Labute approximate surface area is 389 Å². The molecule has 0 heterocycles. The molecular weight excluding hydrogens is 781 g/mol. The van der Waals surface area contributed by atoms with Crippen LogP contribution >= 0.6 is 0 Å². The summed E-state index contributed by atoms with van der Waals surface area (Å²) in [7, 11) is 0. The summed E-state index contributed by atoms with van der Waals surface area (Å²) < 4.78 is 16.7. The van der Waals surface area contributed by atoms with Gasteiger partial charge in [-0.2, -0.15) is 0 Å². The minimum Gasteiger partial charge on any atom is -0.462 e. The van der Waals surface area contributed by atoms with Gasteiger partial charge in [0.05, 0.1) is 0 Å². The number of hydrogen-bond acceptors (Lipinski definition) is 6. The van der Waals surface area contributed by atoms with Gasteiger partial charge in [0.1, 0.15) is 13.2 Å². The van der Waals surface area contributed by atoms with Gasteiger partial charge in [0.2, 0.25) is 0 Å². The van der Waals surface area contributed by atoms with E-state index in [4.69, 9.17) is 14.2 Å². The van der Waals surface area contributed by atoms with Crippen molar-refractivity contribution in [1.29, 1.82) is 0 Å². The quantitative estimate of drug-likeness (QED) is 0.0262. The molecule has 1 atom stereocenters. The summed E-state index contributed by atoms with van der Waals surface area (Å²) in [6, 6.07) is 0. The molecule has 0 spiro atoms. The largest absolute Gasteiger partial charge is 0.462 e. The SMILES string of the molecule is CC/C=C\C/C=C\C/C=C\C/C=C\C/C=C\CCC(=O)OCC(COC(=O)CCCCCCCCCCCCCCCC)OC(=O)CCCCCCCCC/C=C\CCCCCC. The molecule has 63 heavy (non-hydrogen) atoms. The van der Waals surface area contributed by atoms with Crippen LogP contribution in [0.3, 0.4) is 0 Å². The zero-order valence-electron chi connectivity index (χ0n) is 41.3. The molecule has 0 saturated carbocycles. The van der Waals surface area contributed by atoms with E-state index in [1.54, 1.807) is 0 Å². The maximum absolute atomic E-state index is 12.8. The van der Waals surface area contributed by atoms with Gasteiger partial charge in [-0.15, -0.1) is 0 Å². The Hall–Kier alpha value is -3.15. The molecule has 1 unspecified atom stereocenters. The molecule has 0 fully saturated rings. The molecule has 0 aliphatic heterocycles. The van der Waals surface area contributed by atoms with Gasteiger partial charge in [-0.25, -0.2) is 0 Å². The zero-order chi connectivity index (χ0) is 45.8. The maximum atomic E-state index is 12.8. The molecule has 362 valence electrons. The summed E-state index contributed by atoms with van der Waals surface area (Å²) >= 11 is 0. The monoisotopic (exact) mass is 879 g/mol. The van der Waals surface area contributed by atoms with E-state index in [-0.39, 0.29) is 37.5 Å². The van der Waals surface area contributed by atoms with Crippen LogP contribution in [0.1, 0.15) is 252 Å². The van der Waals surface area contributed by atoms with Crippen LogP contribution in [-0.2, 0) is 28.6 Å². The highest BCUT2D eigenvalue weighted by Gasteiger charge is 2.19. The molecule has 0 bridgehead atoms. The highest BCUT2D eigenvalue weighted by Crippen LogP contribution is 2.15. The molecule has 0 aromatic heterocycles. The molecule has 0 aliphatic rings. The Bertz CT molecular complexity index is 1190. The zero-order valence-corrected chi connectivity index (χ0v) is 41.3. The predicted octanol–water partition coefficient (Wildman–Crippen LogP) is 17.4. The maximum Gasteiger partial charge on any atom is 0.306 e. The van der Waals surface area contributed by atoms with E-state index in [0.717, 1.165) is 70.6 Å². The van der Waals surface area contributed by atoms with Crippen LogP contribution in [0.5, 0.6) is 0 Å². The number of hydrogen-bond donors (Lipinski definition) is 0. The fourth-order valence-electron chi connectivity index (χ4n) is 7.25. The number of unbranched alkanes of at least 4 members (excludes halogenated alkanes) is 24. The summed E-state index contributed by atoms with van der Waals surface area (Å²) in [6.45, 7) is 6.45. The van der Waals surface area contributed by atoms with E-state index >= 15 is 0 Å². The van der Waals surface area contributed by atoms with Crippen LogP contribution in [0.2, 0.25) is 0 Å². The molecule has 0 radical (unpaired) electrons. The molecule has 6 nitrogen and oxygen atoms in total. The van der Waals surface area contributed by atoms with E-state index in [2.05, 4.69) is 87.6 Å². The highest BCUT2D eigenvalue weighted by molar-refractivity contribution is 5.71. The third kappa shape index (κ3) is 49.7. The van der Waals surface area contributed by atoms with Crippen molar-refractivity contribution < 1.29 is 28.6 Å². The van der Waals surface area contributed by atoms with E-state index in [1.807, 2.05) is 6.08 Å². The molecular formula is C57H98O6. The molecule has 0 saturated heterocycles. The van der Waals surface area contributed by atoms with Gasteiger partial charge in [0.15, 0.2) is 6.10 Å². The van der Waals surface area contributed by atoms with Crippen LogP contribution in [0.15, 0.2) is 72.9 Å². The Morgan fingerprint density at radius 1 is 0.333 bits per heavy atom. The standard InChI is InChI=1S/C57H98O6/c1-4-7-10-13-16-19-22-25-28-30-32-35-38-41-44-47-50-56(59)62-53-54(52-61-55(58)49-46-43-40-37-34-31-27-24-21-18-15-12-9-6-3)63-57(60)51-48-45-42-39-36-33-29-26-23-20-17-14-11-8-5-2/h7,10,16,19-20,23,25,28,32,35,41,44,54H,4-6,8-9,11-15,17-18,21-22,24,26-27,29-31,33-34,36-40,42-43,45-53H2,1-3H3/b10-7-,19-16-,23-20-,28-25-,35-32-,44-41-. The van der Waals surface area contributed by atoms with Crippen LogP contribution in [-0.4, -0.2) is 37.2 Å². The van der Waals surface area contributed by atoms with Crippen molar-refractivity contribution in [3.05, 3.63) is 72.9 Å². The lowest BCUT2D eigenvalue weighted by atomic mass is 10.0. The average molecular weight is 879 g/mol. The predicted molar refractivity (Wildman–Crippen MR) is 270 cm³/mol. The first-order valence-electron chi connectivity index (χ1n) is 26.4. The molecule has 0 amide bonds. The first-order chi connectivity index (χ1) is 31.0. The summed E-state index contributed by atoms with van der Waals surface area (Å²) in [6.07, 6.45) is 64.7. The normalized spacial score (nSPS) is 12.6. The van der Waals surface area contributed by atoms with Gasteiger partial charge in [-0.1, -0.05) is 229 Å². The molecule has 6 heteroatoms. The fourth-order valence-corrected chi connectivity index (χ4v) is 7.25. The molecule has 0 N–H and O–H groups in total. The summed E-state index contributed by atoms with van der Waals surface area (Å²) in [5.41, 5.74) is 0. The molecule has 0 rings (SSSR count). The van der Waals surface area contributed by atoms with Crippen molar-refractivity contribution in [1.82, 2.24) is 0 Å². The van der Waals surface area contributed by atoms with Gasteiger partial charge in [-0.3, -0.25) is 14.4 Å². The Morgan fingerprint density at radius 2 is 0.651 bits per heavy atom. The Kier molecular flexibility index (Phi) is 48.9. The van der Waals surface area contributed by atoms with Crippen LogP contribution in [0.25, 0.3) is 0 Å². The van der Waals surface area contributed by atoms with Gasteiger partial charge in [0, 0.05) is 19.3 Å². The van der Waals surface area contributed by atoms with Crippen LogP contribution < -0.4 is 0 Å². The van der Waals surface area contributed by atoms with Gasteiger partial charge >= 0.3 is 17.9 Å². The minimum atomic E-state index is -0.805. The second kappa shape index (κ2) is 51.5. The summed E-state index contributed by atoms with van der Waals surface area (Å²) in [5.74, 6) is -0.985. The first-order valence-corrected chi connectivity index (χ1v) is 26.4. The van der Waals surface area contributed by atoms with Gasteiger partial charge < -0.3 is 14.2 Å². The smallest absolute Gasteiger partial charge is 0.306 e. The lowest BCUT2D eigenvalue weighted by Crippen LogP contribution is -2.30. The summed E-state index contributed by atoms with van der Waals surface area (Å²) in [4.78, 5) is 38.0. The third-order valence-corrected chi connectivity index (χ3v) is 11.2. The van der Waals surface area contributed by atoms with Crippen molar-refractivity contribution in [3.8, 4) is 0 Å². The van der Waals surface area contributed by atoms with E-state index in [1.165, 1.54) is 135 Å². The van der Waals surface area contributed by atoms with E-state index in [9.17, 15) is 14.4 Å². The molecule has 0 aliphatic carbocycles. The minimum absolute atomic E-state index is 0.0979. The van der Waals surface area contributed by atoms with Crippen molar-refractivity contribution >= 4 is 17.9 Å². The van der Waals surface area contributed by atoms with Gasteiger partial charge in [0.25, 0.3) is 0 Å². The molecule has 0 aromatic carbocycles. The number of ether oxygens (including phenoxy) is 3. The van der Waals surface area contributed by atoms with Crippen molar-refractivity contribution in [2.45, 2.75) is 258 Å². The third-order valence-electron chi connectivity index (χ3n) is 11.2. The van der Waals surface area contributed by atoms with E-state index < -0.39 is 6.10 Å². The van der Waals surface area contributed by atoms with Crippen LogP contribution in [0.4, 0.5) is 0 Å². The Balaban J connectivity index is 4.48. The second-order valence-electron chi connectivity index (χ2n) is 17.4. The number of rotatable bonds is 47. The van der Waals surface area contributed by atoms with Gasteiger partial charge in [-0.05, 0) is 77.0 Å². The lowest BCUT2D eigenvalue weighted by molar-refractivity contribution is -0.166. The van der Waals surface area contributed by atoms with Crippen molar-refractivity contribution in [3.63, 3.8) is 0 Å². The molecule has 0 aromatic rings. The second-order valence-corrected chi connectivity index (χ2v) is 17.4. The van der Waals surface area contributed by atoms with Crippen molar-refractivity contribution in [2.75, 3.05) is 13.2 Å². The lowest BCUT2D eigenvalue weighted by Gasteiger charge is -2.18. The number of allylic oxidation sites excluding steroid dienone is 12. The average Bonchev–Trinajstić information content (AvgIpc) is 3.28. The fraction of sp³-hybridized carbons (Fsp3) is 0.737.